The van der Waals surface area contributed by atoms with Gasteiger partial charge in [-0.25, -0.2) is 4.79 Å². The maximum absolute atomic E-state index is 12.7. The quantitative estimate of drug-likeness (QED) is 0.311. The number of esters is 1. The third-order valence-electron chi connectivity index (χ3n) is 3.33. The minimum Gasteiger partial charge on any atom is -0.497 e. The molecule has 0 aliphatic heterocycles. The van der Waals surface area contributed by atoms with Gasteiger partial charge >= 0.3 is 5.97 Å². The van der Waals surface area contributed by atoms with Crippen LogP contribution in [-0.4, -0.2) is 33.2 Å². The molecule has 4 nitrogen and oxygen atoms in total. The lowest BCUT2D eigenvalue weighted by molar-refractivity contribution is -0.137. The Morgan fingerprint density at radius 1 is 1.22 bits per heavy atom. The van der Waals surface area contributed by atoms with Crippen LogP contribution < -0.4 is 4.74 Å². The van der Waals surface area contributed by atoms with Gasteiger partial charge in [0.1, 0.15) is 19.2 Å². The van der Waals surface area contributed by atoms with Crippen molar-refractivity contribution in [1.82, 2.24) is 0 Å². The topological polar surface area (TPSA) is 52.6 Å². The summed E-state index contributed by atoms with van der Waals surface area (Å²) < 4.78 is 10.3. The first-order chi connectivity index (χ1) is 10.8. The first-order valence-corrected chi connectivity index (χ1v) is 11.4. The molecule has 0 heterocycles. The summed E-state index contributed by atoms with van der Waals surface area (Å²) in [7, 11) is -0.427. The van der Waals surface area contributed by atoms with Crippen LogP contribution in [0, 0.1) is 0 Å². The Hall–Kier alpha value is -1.88. The monoisotopic (exact) mass is 334 g/mol. The number of hydrogen-bond acceptors (Lipinski definition) is 4. The highest BCUT2D eigenvalue weighted by atomic mass is 28.3. The van der Waals surface area contributed by atoms with Crippen molar-refractivity contribution >= 4 is 25.5 Å². The Bertz CT molecular complexity index is 585. The zero-order chi connectivity index (χ0) is 17.5. The predicted molar refractivity (Wildman–Crippen MR) is 95.6 cm³/mol. The van der Waals surface area contributed by atoms with E-state index in [2.05, 4.69) is 0 Å². The van der Waals surface area contributed by atoms with Crippen LogP contribution in [0.2, 0.25) is 19.6 Å². The second-order valence-electron chi connectivity index (χ2n) is 6.39. The Balaban J connectivity index is 3.02. The van der Waals surface area contributed by atoms with E-state index in [0.29, 0.717) is 23.5 Å². The Kier molecular flexibility index (Phi) is 7.23. The van der Waals surface area contributed by atoms with Crippen molar-refractivity contribution < 1.29 is 19.1 Å². The molecule has 23 heavy (non-hydrogen) atoms. The van der Waals surface area contributed by atoms with Crippen molar-refractivity contribution in [3.8, 4) is 5.75 Å². The highest BCUT2D eigenvalue weighted by molar-refractivity contribution is 7.05. The van der Waals surface area contributed by atoms with Gasteiger partial charge in [-0.15, -0.1) is 0 Å². The number of unbranched alkanes of at least 4 members (excludes halogenated alkanes) is 1. The molecule has 0 radical (unpaired) electrons. The fraction of sp³-hybridized carbons (Fsp3) is 0.444. The highest BCUT2D eigenvalue weighted by Crippen LogP contribution is 2.23. The van der Waals surface area contributed by atoms with Crippen LogP contribution >= 0.6 is 0 Å². The normalized spacial score (nSPS) is 11.5. The van der Waals surface area contributed by atoms with Gasteiger partial charge in [0.25, 0.3) is 0 Å². The summed E-state index contributed by atoms with van der Waals surface area (Å²) >= 11 is 0. The van der Waals surface area contributed by atoms with Crippen molar-refractivity contribution in [3.63, 3.8) is 0 Å². The van der Waals surface area contributed by atoms with Crippen LogP contribution in [0.1, 0.15) is 35.7 Å². The Morgan fingerprint density at radius 3 is 2.48 bits per heavy atom. The lowest BCUT2D eigenvalue weighted by Gasteiger charge is -2.16. The van der Waals surface area contributed by atoms with Gasteiger partial charge in [0.05, 0.1) is 13.7 Å². The minimum absolute atomic E-state index is 0.135. The second-order valence-corrected chi connectivity index (χ2v) is 11.3. The third kappa shape index (κ3) is 6.02. The molecule has 0 N–H and O–H groups in total. The first kappa shape index (κ1) is 19.2. The molecule has 0 aliphatic carbocycles. The average Bonchev–Trinajstić information content (AvgIpc) is 2.51. The van der Waals surface area contributed by atoms with Crippen LogP contribution in [0.15, 0.2) is 24.3 Å². The smallest absolute Gasteiger partial charge is 0.330 e. The van der Waals surface area contributed by atoms with Crippen molar-refractivity contribution in [3.05, 3.63) is 35.4 Å². The van der Waals surface area contributed by atoms with Crippen LogP contribution in [0.25, 0.3) is 6.08 Å². The molecule has 1 aromatic carbocycles. The van der Waals surface area contributed by atoms with Gasteiger partial charge in [0.15, 0.2) is 0 Å². The van der Waals surface area contributed by atoms with E-state index < -0.39 is 8.07 Å². The van der Waals surface area contributed by atoms with E-state index in [4.69, 9.17) is 9.47 Å². The molecule has 0 bridgehead atoms. The van der Waals surface area contributed by atoms with Gasteiger partial charge < -0.3 is 14.3 Å². The van der Waals surface area contributed by atoms with E-state index in [1.54, 1.807) is 31.4 Å². The van der Waals surface area contributed by atoms with Crippen molar-refractivity contribution in [1.29, 1.82) is 0 Å². The molecule has 0 spiro atoms. The van der Waals surface area contributed by atoms with Gasteiger partial charge in [-0.05, 0) is 30.2 Å². The average molecular weight is 334 g/mol. The second kappa shape index (κ2) is 8.67. The van der Waals surface area contributed by atoms with Crippen molar-refractivity contribution in [2.24, 2.45) is 0 Å². The van der Waals surface area contributed by atoms with Crippen molar-refractivity contribution in [2.45, 2.75) is 39.4 Å². The maximum atomic E-state index is 12.7. The number of methoxy groups -OCH3 is 1. The lowest BCUT2D eigenvalue weighted by Crippen LogP contribution is -2.33. The van der Waals surface area contributed by atoms with Gasteiger partial charge in [0, 0.05) is 11.6 Å². The predicted octanol–water partition coefficient (Wildman–Crippen LogP) is 4.11. The van der Waals surface area contributed by atoms with Gasteiger partial charge in [0.2, 0.25) is 0 Å². The first-order valence-electron chi connectivity index (χ1n) is 7.87. The molecule has 0 saturated carbocycles. The molecule has 0 aromatic heterocycles. The fourth-order valence-electron chi connectivity index (χ4n) is 1.93. The molecule has 0 aliphatic rings. The van der Waals surface area contributed by atoms with Crippen molar-refractivity contribution in [2.75, 3.05) is 13.7 Å². The number of ether oxygens (including phenoxy) is 2. The molecule has 5 heteroatoms. The number of rotatable bonds is 8. The zero-order valence-corrected chi connectivity index (χ0v) is 15.6. The molecule has 0 atom stereocenters. The minimum atomic E-state index is -2.00. The molecular weight excluding hydrogens is 308 g/mol. The third-order valence-corrected chi connectivity index (χ3v) is 4.96. The van der Waals surface area contributed by atoms with E-state index in [1.807, 2.05) is 26.6 Å². The van der Waals surface area contributed by atoms with E-state index in [-0.39, 0.29) is 11.4 Å². The summed E-state index contributed by atoms with van der Waals surface area (Å²) in [5.74, 6) is 0.245. The summed E-state index contributed by atoms with van der Waals surface area (Å²) in [6, 6.07) is 5.31. The van der Waals surface area contributed by atoms with Crippen LogP contribution in [0.4, 0.5) is 0 Å². The number of hydrogen-bond donors (Lipinski definition) is 0. The fourth-order valence-corrected chi connectivity index (χ4v) is 2.96. The number of carbonyl (C=O) groups is 2. The van der Waals surface area contributed by atoms with E-state index in [0.717, 1.165) is 12.8 Å². The zero-order valence-electron chi connectivity index (χ0n) is 14.6. The summed E-state index contributed by atoms with van der Waals surface area (Å²) in [5.41, 5.74) is 1.31. The number of benzene rings is 1. The Labute approximate surface area is 139 Å². The van der Waals surface area contributed by atoms with Gasteiger partial charge in [-0.1, -0.05) is 39.1 Å². The standard InChI is InChI=1S/C18H26O4Si/c1-6-7-12-22-17(19)11-9-14-8-10-15(21-2)13-16(14)18(20)23(3,4)5/h8-11,13H,6-7,12H2,1-5H3/b11-9-. The molecule has 1 rings (SSSR count). The maximum Gasteiger partial charge on any atom is 0.330 e. The van der Waals surface area contributed by atoms with Crippen LogP contribution in [0.3, 0.4) is 0 Å². The molecular formula is C18H26O4Si. The summed E-state index contributed by atoms with van der Waals surface area (Å²) in [4.78, 5) is 24.3. The summed E-state index contributed by atoms with van der Waals surface area (Å²) in [6.45, 7) is 8.46. The highest BCUT2D eigenvalue weighted by Gasteiger charge is 2.27. The van der Waals surface area contributed by atoms with Gasteiger partial charge in [-0.2, -0.15) is 0 Å². The van der Waals surface area contributed by atoms with E-state index in [9.17, 15) is 9.59 Å². The van der Waals surface area contributed by atoms with Gasteiger partial charge in [-0.3, -0.25) is 0 Å². The SMILES string of the molecule is CCCCOC(=O)/C=C\c1ccc(OC)cc1C(=O)[Si](C)(C)C. The lowest BCUT2D eigenvalue weighted by atomic mass is 10.1. The molecule has 126 valence electrons. The van der Waals surface area contributed by atoms with E-state index >= 15 is 0 Å². The Morgan fingerprint density at radius 2 is 1.91 bits per heavy atom. The molecule has 0 amide bonds. The van der Waals surface area contributed by atoms with Crippen LogP contribution in [0.5, 0.6) is 5.75 Å². The summed E-state index contributed by atoms with van der Waals surface area (Å²) in [5, 5.41) is 0.135. The molecule has 0 unspecified atom stereocenters. The largest absolute Gasteiger partial charge is 0.497 e. The molecule has 1 aromatic rings. The molecule has 0 saturated heterocycles. The number of carbonyl (C=O) groups excluding carboxylic acids is 2. The molecule has 0 fully saturated rings. The van der Waals surface area contributed by atoms with E-state index in [1.165, 1.54) is 6.08 Å². The van der Waals surface area contributed by atoms with Crippen LogP contribution in [-0.2, 0) is 9.53 Å². The summed E-state index contributed by atoms with van der Waals surface area (Å²) in [6.07, 6.45) is 4.84.